The molecule has 3 rings (SSSR count). The molecule has 0 bridgehead atoms. The third-order valence-electron chi connectivity index (χ3n) is 3.34. The van der Waals surface area contributed by atoms with E-state index in [1.54, 1.807) is 24.0 Å². The number of aliphatic hydroxyl groups is 1. The summed E-state index contributed by atoms with van der Waals surface area (Å²) in [4.78, 5) is 8.82. The second-order valence-electron chi connectivity index (χ2n) is 5.04. The van der Waals surface area contributed by atoms with Gasteiger partial charge in [0.1, 0.15) is 11.6 Å². The Labute approximate surface area is 132 Å². The number of anilines is 2. The molecule has 1 aromatic carbocycles. The van der Waals surface area contributed by atoms with Crippen molar-refractivity contribution in [2.75, 3.05) is 23.8 Å². The number of rotatable bonds is 6. The lowest BCUT2D eigenvalue weighted by Crippen LogP contribution is -2.11. The first kappa shape index (κ1) is 15.2. The number of benzene rings is 1. The van der Waals surface area contributed by atoms with Gasteiger partial charge in [-0.3, -0.25) is 4.68 Å². The Hall–Kier alpha value is -2.74. The summed E-state index contributed by atoms with van der Waals surface area (Å²) in [6, 6.07) is 6.34. The average molecular weight is 316 g/mol. The molecule has 2 aromatic heterocycles. The van der Waals surface area contributed by atoms with Gasteiger partial charge in [-0.15, -0.1) is 0 Å². The van der Waals surface area contributed by atoms with Crippen LogP contribution < -0.4 is 10.6 Å². The molecule has 2 heterocycles. The minimum absolute atomic E-state index is 0.00217. The van der Waals surface area contributed by atoms with Crippen molar-refractivity contribution in [2.45, 2.75) is 6.54 Å². The zero-order chi connectivity index (χ0) is 16.2. The number of nitrogens with zero attached hydrogens (tertiary/aromatic N) is 4. The summed E-state index contributed by atoms with van der Waals surface area (Å²) in [5, 5.41) is 20.0. The van der Waals surface area contributed by atoms with E-state index in [1.165, 1.54) is 12.1 Å². The summed E-state index contributed by atoms with van der Waals surface area (Å²) in [7, 11) is 1.79. The van der Waals surface area contributed by atoms with Gasteiger partial charge in [0.2, 0.25) is 5.95 Å². The summed E-state index contributed by atoms with van der Waals surface area (Å²) in [6.45, 7) is 0.780. The fourth-order valence-corrected chi connectivity index (χ4v) is 2.24. The molecule has 120 valence electrons. The second-order valence-corrected chi connectivity index (χ2v) is 5.04. The fourth-order valence-electron chi connectivity index (χ4n) is 2.24. The Morgan fingerprint density at radius 3 is 2.91 bits per heavy atom. The monoisotopic (exact) mass is 316 g/mol. The normalized spacial score (nSPS) is 10.9. The number of hydrogen-bond donors (Lipinski definition) is 3. The van der Waals surface area contributed by atoms with Gasteiger partial charge in [-0.05, 0) is 17.7 Å². The third kappa shape index (κ3) is 3.37. The first-order valence-electron chi connectivity index (χ1n) is 7.20. The van der Waals surface area contributed by atoms with E-state index >= 15 is 0 Å². The van der Waals surface area contributed by atoms with Crippen molar-refractivity contribution >= 4 is 22.8 Å². The van der Waals surface area contributed by atoms with Crippen LogP contribution in [0.5, 0.6) is 0 Å². The molecule has 0 aliphatic carbocycles. The summed E-state index contributed by atoms with van der Waals surface area (Å²) in [5.74, 6) is 0.724. The topological polar surface area (TPSA) is 87.9 Å². The lowest BCUT2D eigenvalue weighted by atomic mass is 10.2. The van der Waals surface area contributed by atoms with Crippen LogP contribution in [-0.2, 0) is 13.6 Å². The standard InChI is InChI=1S/C15H17FN6O/c1-22-14-12(9-19-22)13(17-5-6-23)20-15(21-14)18-8-10-3-2-4-11(16)7-10/h2-4,7,9,23H,5-6,8H2,1H3,(H2,17,18,20,21). The maximum absolute atomic E-state index is 13.2. The first-order chi connectivity index (χ1) is 11.2. The molecule has 0 amide bonds. The van der Waals surface area contributed by atoms with Gasteiger partial charge in [0, 0.05) is 20.1 Å². The zero-order valence-electron chi connectivity index (χ0n) is 12.6. The van der Waals surface area contributed by atoms with E-state index in [4.69, 9.17) is 5.11 Å². The van der Waals surface area contributed by atoms with E-state index in [-0.39, 0.29) is 12.4 Å². The highest BCUT2D eigenvalue weighted by Crippen LogP contribution is 2.21. The van der Waals surface area contributed by atoms with E-state index in [1.807, 2.05) is 6.07 Å². The van der Waals surface area contributed by atoms with Crippen LogP contribution in [0, 0.1) is 5.82 Å². The molecule has 8 heteroatoms. The molecule has 23 heavy (non-hydrogen) atoms. The lowest BCUT2D eigenvalue weighted by molar-refractivity contribution is 0.311. The van der Waals surface area contributed by atoms with Crippen molar-refractivity contribution in [3.8, 4) is 0 Å². The van der Waals surface area contributed by atoms with Crippen molar-refractivity contribution in [3.63, 3.8) is 0 Å². The SMILES string of the molecule is Cn1ncc2c(NCCO)nc(NCc3cccc(F)c3)nc21. The van der Waals surface area contributed by atoms with E-state index in [9.17, 15) is 4.39 Å². The Kier molecular flexibility index (Phi) is 4.33. The number of nitrogens with one attached hydrogen (secondary N) is 2. The molecule has 0 atom stereocenters. The molecule has 0 unspecified atom stereocenters. The lowest BCUT2D eigenvalue weighted by Gasteiger charge is -2.09. The summed E-state index contributed by atoms with van der Waals surface area (Å²) in [5.41, 5.74) is 1.46. The summed E-state index contributed by atoms with van der Waals surface area (Å²) >= 11 is 0. The van der Waals surface area contributed by atoms with Gasteiger partial charge >= 0.3 is 0 Å². The predicted molar refractivity (Wildman–Crippen MR) is 85.6 cm³/mol. The molecular weight excluding hydrogens is 299 g/mol. The zero-order valence-corrected chi connectivity index (χ0v) is 12.6. The van der Waals surface area contributed by atoms with Crippen molar-refractivity contribution in [3.05, 3.63) is 41.8 Å². The number of aryl methyl sites for hydroxylation is 1. The van der Waals surface area contributed by atoms with E-state index in [0.29, 0.717) is 30.5 Å². The molecule has 0 radical (unpaired) electrons. The van der Waals surface area contributed by atoms with Gasteiger partial charge in [0.05, 0.1) is 18.2 Å². The van der Waals surface area contributed by atoms with Crippen molar-refractivity contribution in [2.24, 2.45) is 7.05 Å². The van der Waals surface area contributed by atoms with E-state index < -0.39 is 0 Å². The molecule has 0 fully saturated rings. The Morgan fingerprint density at radius 1 is 1.26 bits per heavy atom. The molecule has 0 spiro atoms. The number of aliphatic hydroxyl groups excluding tert-OH is 1. The third-order valence-corrected chi connectivity index (χ3v) is 3.34. The quantitative estimate of drug-likeness (QED) is 0.639. The van der Waals surface area contributed by atoms with Crippen LogP contribution >= 0.6 is 0 Å². The highest BCUT2D eigenvalue weighted by molar-refractivity contribution is 5.87. The molecular formula is C15H17FN6O. The van der Waals surface area contributed by atoms with Gasteiger partial charge in [0.25, 0.3) is 0 Å². The molecule has 0 saturated heterocycles. The smallest absolute Gasteiger partial charge is 0.226 e. The molecule has 0 aliphatic rings. The van der Waals surface area contributed by atoms with Crippen LogP contribution in [0.2, 0.25) is 0 Å². The maximum Gasteiger partial charge on any atom is 0.226 e. The largest absolute Gasteiger partial charge is 0.395 e. The van der Waals surface area contributed by atoms with Gasteiger partial charge in [-0.25, -0.2) is 4.39 Å². The van der Waals surface area contributed by atoms with Crippen LogP contribution in [0.25, 0.3) is 11.0 Å². The molecule has 0 aliphatic heterocycles. The van der Waals surface area contributed by atoms with Crippen molar-refractivity contribution in [1.82, 2.24) is 19.7 Å². The van der Waals surface area contributed by atoms with Crippen molar-refractivity contribution in [1.29, 1.82) is 0 Å². The average Bonchev–Trinajstić information content (AvgIpc) is 2.92. The Bertz CT molecular complexity index is 819. The van der Waals surface area contributed by atoms with Crippen LogP contribution in [-0.4, -0.2) is 38.0 Å². The van der Waals surface area contributed by atoms with Crippen LogP contribution in [0.4, 0.5) is 16.2 Å². The number of halogens is 1. The van der Waals surface area contributed by atoms with Crippen LogP contribution in [0.3, 0.4) is 0 Å². The predicted octanol–water partition coefficient (Wildman–Crippen LogP) is 1.52. The summed E-state index contributed by atoms with van der Waals surface area (Å²) < 4.78 is 14.9. The molecule has 3 aromatic rings. The van der Waals surface area contributed by atoms with Gasteiger partial charge < -0.3 is 15.7 Å². The molecule has 7 nitrogen and oxygen atoms in total. The Balaban J connectivity index is 1.86. The second kappa shape index (κ2) is 6.57. The molecule has 0 saturated carbocycles. The number of aromatic nitrogens is 4. The highest BCUT2D eigenvalue weighted by Gasteiger charge is 2.11. The Morgan fingerprint density at radius 2 is 2.13 bits per heavy atom. The summed E-state index contributed by atoms with van der Waals surface area (Å²) in [6.07, 6.45) is 1.67. The minimum Gasteiger partial charge on any atom is -0.395 e. The first-order valence-corrected chi connectivity index (χ1v) is 7.20. The van der Waals surface area contributed by atoms with Crippen LogP contribution in [0.1, 0.15) is 5.56 Å². The van der Waals surface area contributed by atoms with Crippen LogP contribution in [0.15, 0.2) is 30.5 Å². The highest BCUT2D eigenvalue weighted by atomic mass is 19.1. The van der Waals surface area contributed by atoms with Crippen molar-refractivity contribution < 1.29 is 9.50 Å². The minimum atomic E-state index is -0.280. The van der Waals surface area contributed by atoms with Gasteiger partial charge in [-0.2, -0.15) is 15.1 Å². The van der Waals surface area contributed by atoms with E-state index in [0.717, 1.165) is 10.9 Å². The number of hydrogen-bond acceptors (Lipinski definition) is 6. The molecule has 3 N–H and O–H groups in total. The van der Waals surface area contributed by atoms with E-state index in [2.05, 4.69) is 25.7 Å². The van der Waals surface area contributed by atoms with Gasteiger partial charge in [-0.1, -0.05) is 12.1 Å². The fraction of sp³-hybridized carbons (Fsp3) is 0.267. The maximum atomic E-state index is 13.2. The van der Waals surface area contributed by atoms with Gasteiger partial charge in [0.15, 0.2) is 5.65 Å². The number of fused-ring (bicyclic) bond motifs is 1.